The van der Waals surface area contributed by atoms with Crippen molar-refractivity contribution in [1.82, 2.24) is 0 Å². The Bertz CT molecular complexity index is 1230. The molecule has 0 aromatic heterocycles. The summed E-state index contributed by atoms with van der Waals surface area (Å²) in [5, 5.41) is 4.91. The highest BCUT2D eigenvalue weighted by Gasteiger charge is 2.22. The quantitative estimate of drug-likeness (QED) is 0.607. The Kier molecular flexibility index (Phi) is 6.36. The lowest BCUT2D eigenvalue weighted by Crippen LogP contribution is -2.26. The molecule has 2 N–H and O–H groups in total. The molecular formula is C22H20FN3O4S. The van der Waals surface area contributed by atoms with Gasteiger partial charge in [-0.3, -0.25) is 13.9 Å². The summed E-state index contributed by atoms with van der Waals surface area (Å²) in [6.07, 6.45) is 0. The zero-order valence-corrected chi connectivity index (χ0v) is 17.6. The van der Waals surface area contributed by atoms with Crippen molar-refractivity contribution in [2.45, 2.75) is 11.8 Å². The predicted molar refractivity (Wildman–Crippen MR) is 117 cm³/mol. The van der Waals surface area contributed by atoms with Crippen molar-refractivity contribution in [3.05, 3.63) is 84.2 Å². The summed E-state index contributed by atoms with van der Waals surface area (Å²) in [6.45, 7) is 1.24. The van der Waals surface area contributed by atoms with Crippen LogP contribution in [0.25, 0.3) is 0 Å². The van der Waals surface area contributed by atoms with E-state index in [-0.39, 0.29) is 21.8 Å². The number of rotatable bonds is 6. The van der Waals surface area contributed by atoms with E-state index >= 15 is 0 Å². The van der Waals surface area contributed by atoms with Gasteiger partial charge in [-0.25, -0.2) is 12.8 Å². The smallest absolute Gasteiger partial charge is 0.264 e. The number of carbonyl (C=O) groups is 2. The molecule has 0 saturated carbocycles. The van der Waals surface area contributed by atoms with Gasteiger partial charge in [-0.1, -0.05) is 24.3 Å². The van der Waals surface area contributed by atoms with E-state index in [0.717, 1.165) is 10.4 Å². The average molecular weight is 441 g/mol. The molecule has 31 heavy (non-hydrogen) atoms. The van der Waals surface area contributed by atoms with Gasteiger partial charge in [0, 0.05) is 25.2 Å². The van der Waals surface area contributed by atoms with E-state index < -0.39 is 27.7 Å². The second-order valence-corrected chi connectivity index (χ2v) is 8.64. The molecule has 0 aliphatic carbocycles. The van der Waals surface area contributed by atoms with E-state index in [1.54, 1.807) is 30.3 Å². The van der Waals surface area contributed by atoms with Gasteiger partial charge in [0.2, 0.25) is 5.91 Å². The van der Waals surface area contributed by atoms with Crippen LogP contribution in [0.1, 0.15) is 17.3 Å². The number of para-hydroxylation sites is 1. The standard InChI is InChI=1S/C22H20FN3O4S/c1-15(27)24-21-14-17(11-12-20(21)23)25-22(28)16-7-6-10-19(13-16)31(29,30)26(2)18-8-4-3-5-9-18/h3-14H,1-2H3,(H,24,27)(H,25,28). The molecule has 2 amide bonds. The first-order valence-corrected chi connectivity index (χ1v) is 10.6. The SMILES string of the molecule is CC(=O)Nc1cc(NC(=O)c2cccc(S(=O)(=O)N(C)c3ccccc3)c2)ccc1F. The summed E-state index contributed by atoms with van der Waals surface area (Å²) < 4.78 is 40.8. The molecule has 0 fully saturated rings. The molecule has 0 atom stereocenters. The first-order chi connectivity index (χ1) is 14.7. The van der Waals surface area contributed by atoms with Gasteiger partial charge in [0.1, 0.15) is 5.82 Å². The Hall–Kier alpha value is -3.72. The topological polar surface area (TPSA) is 95.6 Å². The molecule has 0 aliphatic rings. The maximum absolute atomic E-state index is 13.8. The Morgan fingerprint density at radius 3 is 2.29 bits per heavy atom. The van der Waals surface area contributed by atoms with E-state index in [1.807, 2.05) is 0 Å². The fourth-order valence-corrected chi connectivity index (χ4v) is 4.07. The number of amides is 2. The lowest BCUT2D eigenvalue weighted by Gasteiger charge is -2.19. The van der Waals surface area contributed by atoms with Crippen LogP contribution in [0.4, 0.5) is 21.5 Å². The molecule has 3 aromatic carbocycles. The fraction of sp³-hybridized carbons (Fsp3) is 0.0909. The van der Waals surface area contributed by atoms with Gasteiger partial charge in [0.25, 0.3) is 15.9 Å². The van der Waals surface area contributed by atoms with Crippen molar-refractivity contribution >= 4 is 38.9 Å². The highest BCUT2D eigenvalue weighted by molar-refractivity contribution is 7.92. The number of anilines is 3. The molecule has 0 saturated heterocycles. The summed E-state index contributed by atoms with van der Waals surface area (Å²) in [5.41, 5.74) is 0.748. The van der Waals surface area contributed by atoms with Crippen LogP contribution in [0.2, 0.25) is 0 Å². The van der Waals surface area contributed by atoms with Crippen molar-refractivity contribution in [2.75, 3.05) is 22.0 Å². The number of nitrogens with one attached hydrogen (secondary N) is 2. The number of hydrogen-bond donors (Lipinski definition) is 2. The van der Waals surface area contributed by atoms with E-state index in [0.29, 0.717) is 5.69 Å². The summed E-state index contributed by atoms with van der Waals surface area (Å²) in [5.74, 6) is -1.69. The summed E-state index contributed by atoms with van der Waals surface area (Å²) in [4.78, 5) is 23.8. The average Bonchev–Trinajstić information content (AvgIpc) is 2.76. The maximum atomic E-state index is 13.8. The van der Waals surface area contributed by atoms with Crippen LogP contribution in [0.15, 0.2) is 77.7 Å². The third-order valence-electron chi connectivity index (χ3n) is 4.41. The Balaban J connectivity index is 1.85. The summed E-state index contributed by atoms with van der Waals surface area (Å²) >= 11 is 0. The Morgan fingerprint density at radius 1 is 0.903 bits per heavy atom. The highest BCUT2D eigenvalue weighted by Crippen LogP contribution is 2.24. The highest BCUT2D eigenvalue weighted by atomic mass is 32.2. The van der Waals surface area contributed by atoms with Crippen molar-refractivity contribution in [2.24, 2.45) is 0 Å². The molecular weight excluding hydrogens is 421 g/mol. The number of sulfonamides is 1. The third-order valence-corrected chi connectivity index (χ3v) is 6.19. The predicted octanol–water partition coefficient (Wildman–Crippen LogP) is 3.86. The van der Waals surface area contributed by atoms with Crippen molar-refractivity contribution in [3.63, 3.8) is 0 Å². The minimum Gasteiger partial charge on any atom is -0.324 e. The largest absolute Gasteiger partial charge is 0.324 e. The molecule has 3 rings (SSSR count). The number of carbonyl (C=O) groups excluding carboxylic acids is 2. The van der Waals surface area contributed by atoms with Crippen LogP contribution in [-0.2, 0) is 14.8 Å². The minimum atomic E-state index is -3.89. The Morgan fingerprint density at radius 2 is 1.61 bits per heavy atom. The molecule has 7 nitrogen and oxygen atoms in total. The van der Waals surface area contributed by atoms with Gasteiger partial charge in [0.05, 0.1) is 16.3 Å². The van der Waals surface area contributed by atoms with E-state index in [9.17, 15) is 22.4 Å². The van der Waals surface area contributed by atoms with Crippen LogP contribution < -0.4 is 14.9 Å². The first-order valence-electron chi connectivity index (χ1n) is 9.21. The van der Waals surface area contributed by atoms with Gasteiger partial charge in [-0.2, -0.15) is 0 Å². The van der Waals surface area contributed by atoms with Gasteiger partial charge in [-0.15, -0.1) is 0 Å². The van der Waals surface area contributed by atoms with Crippen LogP contribution >= 0.6 is 0 Å². The minimum absolute atomic E-state index is 0.0513. The van der Waals surface area contributed by atoms with Gasteiger partial charge < -0.3 is 10.6 Å². The molecule has 0 unspecified atom stereocenters. The van der Waals surface area contributed by atoms with E-state index in [4.69, 9.17) is 0 Å². The first kappa shape index (κ1) is 22.0. The molecule has 9 heteroatoms. The van der Waals surface area contributed by atoms with Crippen LogP contribution in [0, 0.1) is 5.82 Å². The zero-order chi connectivity index (χ0) is 22.6. The number of hydrogen-bond acceptors (Lipinski definition) is 4. The second-order valence-electron chi connectivity index (χ2n) is 6.67. The third kappa shape index (κ3) is 5.07. The summed E-state index contributed by atoms with van der Waals surface area (Å²) in [7, 11) is -2.46. The van der Waals surface area contributed by atoms with Gasteiger partial charge in [0.15, 0.2) is 0 Å². The van der Waals surface area contributed by atoms with E-state index in [2.05, 4.69) is 10.6 Å². The molecule has 0 aliphatic heterocycles. The van der Waals surface area contributed by atoms with Crippen molar-refractivity contribution < 1.29 is 22.4 Å². The van der Waals surface area contributed by atoms with Crippen molar-refractivity contribution in [1.29, 1.82) is 0 Å². The van der Waals surface area contributed by atoms with Gasteiger partial charge in [-0.05, 0) is 48.5 Å². The van der Waals surface area contributed by atoms with E-state index in [1.165, 1.54) is 50.4 Å². The maximum Gasteiger partial charge on any atom is 0.264 e. The van der Waals surface area contributed by atoms with Crippen molar-refractivity contribution in [3.8, 4) is 0 Å². The second kappa shape index (κ2) is 8.97. The lowest BCUT2D eigenvalue weighted by molar-refractivity contribution is -0.114. The monoisotopic (exact) mass is 441 g/mol. The van der Waals surface area contributed by atoms with Crippen LogP contribution in [-0.4, -0.2) is 27.3 Å². The molecule has 0 bridgehead atoms. The zero-order valence-electron chi connectivity index (χ0n) is 16.8. The van der Waals surface area contributed by atoms with Gasteiger partial charge >= 0.3 is 0 Å². The molecule has 0 radical (unpaired) electrons. The van der Waals surface area contributed by atoms with Crippen LogP contribution in [0.3, 0.4) is 0 Å². The Labute approximate surface area is 179 Å². The molecule has 3 aromatic rings. The summed E-state index contributed by atoms with van der Waals surface area (Å²) in [6, 6.07) is 17.9. The lowest BCUT2D eigenvalue weighted by atomic mass is 10.2. The molecule has 160 valence electrons. The molecule has 0 heterocycles. The fourth-order valence-electron chi connectivity index (χ4n) is 2.82. The van der Waals surface area contributed by atoms with Crippen LogP contribution in [0.5, 0.6) is 0 Å². The molecule has 0 spiro atoms. The normalized spacial score (nSPS) is 10.9. The number of benzene rings is 3. The number of nitrogens with zero attached hydrogens (tertiary/aromatic N) is 1. The number of halogens is 1.